The van der Waals surface area contributed by atoms with E-state index in [2.05, 4.69) is 16.8 Å². The van der Waals surface area contributed by atoms with Crippen molar-refractivity contribution >= 4 is 21.7 Å². The number of para-hydroxylation sites is 1. The molecule has 8 heteroatoms. The second-order valence-electron chi connectivity index (χ2n) is 7.85. The molecule has 1 heterocycles. The summed E-state index contributed by atoms with van der Waals surface area (Å²) in [4.78, 5) is 16.3. The fourth-order valence-corrected chi connectivity index (χ4v) is 5.13. The Hall–Kier alpha value is -2.42. The molecule has 3 rings (SSSR count). The molecule has 31 heavy (non-hydrogen) atoms. The average molecular weight is 446 g/mol. The van der Waals surface area contributed by atoms with E-state index in [0.717, 1.165) is 38.3 Å². The van der Waals surface area contributed by atoms with Crippen LogP contribution in [0.1, 0.15) is 22.3 Å². The van der Waals surface area contributed by atoms with Crippen LogP contribution in [0.4, 0.5) is 5.69 Å². The fraction of sp³-hybridized carbons (Fsp3) is 0.435. The van der Waals surface area contributed by atoms with Gasteiger partial charge in [-0.2, -0.15) is 0 Å². The van der Waals surface area contributed by atoms with Gasteiger partial charge in [0.05, 0.1) is 30.7 Å². The maximum absolute atomic E-state index is 13.3. The number of methoxy groups -OCH3 is 1. The summed E-state index contributed by atoms with van der Waals surface area (Å²) >= 11 is 0. The van der Waals surface area contributed by atoms with Gasteiger partial charge in [-0.1, -0.05) is 30.3 Å². The van der Waals surface area contributed by atoms with Crippen LogP contribution in [-0.4, -0.2) is 76.8 Å². The Morgan fingerprint density at radius 2 is 1.65 bits per heavy atom. The van der Waals surface area contributed by atoms with Gasteiger partial charge >= 0.3 is 5.97 Å². The van der Waals surface area contributed by atoms with E-state index in [9.17, 15) is 13.2 Å². The van der Waals surface area contributed by atoms with E-state index < -0.39 is 16.0 Å². The second-order valence-corrected chi connectivity index (χ2v) is 9.86. The SMILES string of the molecule is COC(=O)c1ccc(CN(c2ccccc2)S(=O)(=O)CCCN2CCN(C)CC2)cc1. The van der Waals surface area contributed by atoms with Gasteiger partial charge in [0.2, 0.25) is 10.0 Å². The molecule has 2 aromatic rings. The third kappa shape index (κ3) is 6.53. The highest BCUT2D eigenvalue weighted by molar-refractivity contribution is 7.92. The van der Waals surface area contributed by atoms with Crippen molar-refractivity contribution in [1.29, 1.82) is 0 Å². The van der Waals surface area contributed by atoms with E-state index in [-0.39, 0.29) is 12.3 Å². The zero-order valence-corrected chi connectivity index (χ0v) is 19.1. The summed E-state index contributed by atoms with van der Waals surface area (Å²) < 4.78 is 32.7. The van der Waals surface area contributed by atoms with Crippen LogP contribution in [0.2, 0.25) is 0 Å². The molecule has 0 radical (unpaired) electrons. The average Bonchev–Trinajstić information content (AvgIpc) is 2.79. The number of sulfonamides is 1. The van der Waals surface area contributed by atoms with Crippen LogP contribution in [-0.2, 0) is 21.3 Å². The molecule has 168 valence electrons. The molecule has 0 saturated carbocycles. The smallest absolute Gasteiger partial charge is 0.337 e. The summed E-state index contributed by atoms with van der Waals surface area (Å²) in [5, 5.41) is 0. The van der Waals surface area contributed by atoms with E-state index in [1.165, 1.54) is 11.4 Å². The molecule has 1 saturated heterocycles. The minimum Gasteiger partial charge on any atom is -0.465 e. The Labute approximate surface area is 185 Å². The molecule has 2 aromatic carbocycles. The number of anilines is 1. The Morgan fingerprint density at radius 3 is 2.26 bits per heavy atom. The van der Waals surface area contributed by atoms with Gasteiger partial charge < -0.3 is 14.5 Å². The summed E-state index contributed by atoms with van der Waals surface area (Å²) in [7, 11) is -0.0679. The number of piperazine rings is 1. The van der Waals surface area contributed by atoms with Crippen LogP contribution in [0.25, 0.3) is 0 Å². The highest BCUT2D eigenvalue weighted by Crippen LogP contribution is 2.22. The maximum Gasteiger partial charge on any atom is 0.337 e. The van der Waals surface area contributed by atoms with Crippen LogP contribution >= 0.6 is 0 Å². The van der Waals surface area contributed by atoms with Crippen molar-refractivity contribution in [1.82, 2.24) is 9.80 Å². The quantitative estimate of drug-likeness (QED) is 0.552. The van der Waals surface area contributed by atoms with Crippen LogP contribution in [0.3, 0.4) is 0 Å². The maximum atomic E-state index is 13.3. The number of rotatable bonds is 9. The molecule has 7 nitrogen and oxygen atoms in total. The number of hydrogen-bond acceptors (Lipinski definition) is 6. The summed E-state index contributed by atoms with van der Waals surface area (Å²) in [5.74, 6) is -0.322. The molecule has 0 bridgehead atoms. The molecule has 0 amide bonds. The minimum absolute atomic E-state index is 0.0917. The number of benzene rings is 2. The zero-order chi connectivity index (χ0) is 22.3. The number of ether oxygens (including phenoxy) is 1. The molecule has 1 aliphatic rings. The van der Waals surface area contributed by atoms with E-state index >= 15 is 0 Å². The topological polar surface area (TPSA) is 70.2 Å². The van der Waals surface area contributed by atoms with Gasteiger partial charge in [-0.05, 0) is 49.8 Å². The van der Waals surface area contributed by atoms with Crippen molar-refractivity contribution in [3.63, 3.8) is 0 Å². The summed E-state index contributed by atoms with van der Waals surface area (Å²) in [6.45, 7) is 4.98. The number of carbonyl (C=O) groups excluding carboxylic acids is 1. The predicted octanol–water partition coefficient (Wildman–Crippen LogP) is 2.45. The Morgan fingerprint density at radius 1 is 1.00 bits per heavy atom. The Balaban J connectivity index is 1.70. The molecule has 0 unspecified atom stereocenters. The number of hydrogen-bond donors (Lipinski definition) is 0. The third-order valence-corrected chi connectivity index (χ3v) is 7.37. The molecule has 0 aliphatic carbocycles. The lowest BCUT2D eigenvalue weighted by atomic mass is 10.1. The third-order valence-electron chi connectivity index (χ3n) is 5.55. The lowest BCUT2D eigenvalue weighted by molar-refractivity contribution is 0.0600. The van der Waals surface area contributed by atoms with Crippen molar-refractivity contribution in [3.8, 4) is 0 Å². The minimum atomic E-state index is -3.51. The highest BCUT2D eigenvalue weighted by atomic mass is 32.2. The van der Waals surface area contributed by atoms with Crippen molar-refractivity contribution in [2.24, 2.45) is 0 Å². The first kappa shape index (κ1) is 23.2. The summed E-state index contributed by atoms with van der Waals surface area (Å²) in [6, 6.07) is 16.0. The number of likely N-dealkylation sites (N-methyl/N-ethyl adjacent to an activating group) is 1. The van der Waals surface area contributed by atoms with Crippen molar-refractivity contribution < 1.29 is 17.9 Å². The normalized spacial score (nSPS) is 15.5. The van der Waals surface area contributed by atoms with Crippen LogP contribution in [0.5, 0.6) is 0 Å². The van der Waals surface area contributed by atoms with Crippen molar-refractivity contribution in [3.05, 3.63) is 65.7 Å². The van der Waals surface area contributed by atoms with Crippen molar-refractivity contribution in [2.75, 3.05) is 56.9 Å². The first-order valence-corrected chi connectivity index (χ1v) is 12.1. The van der Waals surface area contributed by atoms with E-state index in [0.29, 0.717) is 17.7 Å². The largest absolute Gasteiger partial charge is 0.465 e. The predicted molar refractivity (Wildman–Crippen MR) is 123 cm³/mol. The standard InChI is InChI=1S/C23H31N3O4S/c1-24-14-16-25(17-15-24)13-6-18-31(28,29)26(22-7-4-3-5-8-22)19-20-9-11-21(12-10-20)23(27)30-2/h3-5,7-12H,6,13-19H2,1-2H3. The van der Waals surface area contributed by atoms with Gasteiger partial charge in [0.25, 0.3) is 0 Å². The number of carbonyl (C=O) groups is 1. The van der Waals surface area contributed by atoms with E-state index in [1.54, 1.807) is 36.4 Å². The van der Waals surface area contributed by atoms with E-state index in [4.69, 9.17) is 4.74 Å². The first-order chi connectivity index (χ1) is 14.9. The molecule has 0 spiro atoms. The molecule has 1 aliphatic heterocycles. The zero-order valence-electron chi connectivity index (χ0n) is 18.2. The van der Waals surface area contributed by atoms with Crippen molar-refractivity contribution in [2.45, 2.75) is 13.0 Å². The lowest BCUT2D eigenvalue weighted by Gasteiger charge is -2.32. The monoisotopic (exact) mass is 445 g/mol. The molecule has 0 aromatic heterocycles. The van der Waals surface area contributed by atoms with Crippen LogP contribution < -0.4 is 4.31 Å². The van der Waals surface area contributed by atoms with Gasteiger partial charge in [-0.25, -0.2) is 13.2 Å². The molecule has 0 atom stereocenters. The molecular weight excluding hydrogens is 414 g/mol. The van der Waals surface area contributed by atoms with Gasteiger partial charge in [0, 0.05) is 26.2 Å². The molecule has 0 N–H and O–H groups in total. The Bertz CT molecular complexity index is 941. The van der Waals surface area contributed by atoms with E-state index in [1.807, 2.05) is 18.2 Å². The number of nitrogens with zero attached hydrogens (tertiary/aromatic N) is 3. The summed E-state index contributed by atoms with van der Waals surface area (Å²) in [6.07, 6.45) is 0.594. The van der Waals surface area contributed by atoms with Gasteiger partial charge in [0.1, 0.15) is 0 Å². The van der Waals surface area contributed by atoms with Gasteiger partial charge in [-0.3, -0.25) is 4.31 Å². The highest BCUT2D eigenvalue weighted by Gasteiger charge is 2.23. The van der Waals surface area contributed by atoms with Gasteiger partial charge in [-0.15, -0.1) is 0 Å². The Kier molecular flexibility index (Phi) is 8.06. The fourth-order valence-electron chi connectivity index (χ4n) is 3.63. The first-order valence-electron chi connectivity index (χ1n) is 10.5. The van der Waals surface area contributed by atoms with Crippen LogP contribution in [0.15, 0.2) is 54.6 Å². The molecule has 1 fully saturated rings. The number of esters is 1. The van der Waals surface area contributed by atoms with Gasteiger partial charge in [0.15, 0.2) is 0 Å². The lowest BCUT2D eigenvalue weighted by Crippen LogP contribution is -2.45. The van der Waals surface area contributed by atoms with Crippen LogP contribution in [0, 0.1) is 0 Å². The second kappa shape index (κ2) is 10.7. The summed E-state index contributed by atoms with van der Waals surface area (Å²) in [5.41, 5.74) is 1.88. The molecular formula is C23H31N3O4S.